The standard InChI is InChI=1S/C25H43N/c1-5-20(6-2)12-8-9-13-21(7-3)25(22-14-10-11-15-22)24-17-16-19(4)23(24)18-26-25/h16-17,19-22,26H,5-15,18H2,1-4H3. The molecular formula is C25H43N. The molecule has 0 bridgehead atoms. The first-order valence-electron chi connectivity index (χ1n) is 11.8. The lowest BCUT2D eigenvalue weighted by atomic mass is 9.66. The van der Waals surface area contributed by atoms with Crippen LogP contribution in [0.1, 0.15) is 98.3 Å². The normalized spacial score (nSPS) is 30.0. The Morgan fingerprint density at radius 3 is 2.38 bits per heavy atom. The molecule has 0 aromatic rings. The van der Waals surface area contributed by atoms with Crippen molar-refractivity contribution < 1.29 is 0 Å². The van der Waals surface area contributed by atoms with Crippen molar-refractivity contribution in [2.45, 2.75) is 104 Å². The number of nitrogens with one attached hydrogen (secondary N) is 1. The van der Waals surface area contributed by atoms with Crippen molar-refractivity contribution in [3.63, 3.8) is 0 Å². The van der Waals surface area contributed by atoms with E-state index >= 15 is 0 Å². The molecule has 1 heterocycles. The zero-order valence-electron chi connectivity index (χ0n) is 17.9. The molecule has 1 saturated carbocycles. The number of hydrogen-bond acceptors (Lipinski definition) is 1. The molecule has 0 spiro atoms. The molecule has 0 aromatic heterocycles. The predicted octanol–water partition coefficient (Wildman–Crippen LogP) is 7.04. The Labute approximate surface area is 163 Å². The Balaban J connectivity index is 1.72. The first-order chi connectivity index (χ1) is 12.7. The summed E-state index contributed by atoms with van der Waals surface area (Å²) in [7, 11) is 0. The zero-order valence-corrected chi connectivity index (χ0v) is 17.9. The van der Waals surface area contributed by atoms with Crippen LogP contribution in [-0.4, -0.2) is 12.1 Å². The van der Waals surface area contributed by atoms with Crippen LogP contribution < -0.4 is 5.32 Å². The summed E-state index contributed by atoms with van der Waals surface area (Å²) in [6, 6.07) is 0. The van der Waals surface area contributed by atoms with E-state index in [4.69, 9.17) is 0 Å². The minimum Gasteiger partial charge on any atom is -0.303 e. The highest BCUT2D eigenvalue weighted by Crippen LogP contribution is 2.51. The van der Waals surface area contributed by atoms with E-state index in [2.05, 4.69) is 45.2 Å². The fourth-order valence-electron chi connectivity index (χ4n) is 6.42. The van der Waals surface area contributed by atoms with Crippen LogP contribution in [0.25, 0.3) is 0 Å². The minimum atomic E-state index is 0.302. The Bertz CT molecular complexity index is 506. The smallest absolute Gasteiger partial charge is 0.0494 e. The summed E-state index contributed by atoms with van der Waals surface area (Å²) < 4.78 is 0. The van der Waals surface area contributed by atoms with Gasteiger partial charge in [-0.15, -0.1) is 0 Å². The topological polar surface area (TPSA) is 12.0 Å². The van der Waals surface area contributed by atoms with Crippen molar-refractivity contribution in [3.05, 3.63) is 23.3 Å². The van der Waals surface area contributed by atoms with Crippen LogP contribution in [0.5, 0.6) is 0 Å². The zero-order chi connectivity index (χ0) is 18.6. The lowest BCUT2D eigenvalue weighted by Gasteiger charge is -2.45. The fourth-order valence-corrected chi connectivity index (χ4v) is 6.42. The molecule has 148 valence electrons. The minimum absolute atomic E-state index is 0.302. The van der Waals surface area contributed by atoms with Gasteiger partial charge in [-0.05, 0) is 54.1 Å². The molecule has 1 aliphatic heterocycles. The first-order valence-corrected chi connectivity index (χ1v) is 11.8. The second-order valence-electron chi connectivity index (χ2n) is 9.36. The second kappa shape index (κ2) is 9.09. The van der Waals surface area contributed by atoms with Gasteiger partial charge in [0, 0.05) is 12.1 Å². The van der Waals surface area contributed by atoms with Crippen molar-refractivity contribution >= 4 is 0 Å². The van der Waals surface area contributed by atoms with Gasteiger partial charge in [0.15, 0.2) is 0 Å². The number of hydrogen-bond donors (Lipinski definition) is 1. The van der Waals surface area contributed by atoms with Gasteiger partial charge < -0.3 is 5.32 Å². The van der Waals surface area contributed by atoms with E-state index in [-0.39, 0.29) is 0 Å². The van der Waals surface area contributed by atoms with E-state index in [0.29, 0.717) is 11.5 Å². The monoisotopic (exact) mass is 357 g/mol. The lowest BCUT2D eigenvalue weighted by molar-refractivity contribution is 0.165. The molecule has 2 aliphatic carbocycles. The SMILES string of the molecule is CCC(CC)CCCCC(CC)C1(C2CCCC2)NCC2=C1C=CC2C. The quantitative estimate of drug-likeness (QED) is 0.413. The summed E-state index contributed by atoms with van der Waals surface area (Å²) in [6.07, 6.45) is 20.5. The maximum Gasteiger partial charge on any atom is 0.0494 e. The summed E-state index contributed by atoms with van der Waals surface area (Å²) in [5, 5.41) is 4.14. The average Bonchev–Trinajstić information content (AvgIpc) is 3.38. The van der Waals surface area contributed by atoms with Crippen LogP contribution >= 0.6 is 0 Å². The third-order valence-corrected chi connectivity index (χ3v) is 8.17. The van der Waals surface area contributed by atoms with Gasteiger partial charge in [-0.3, -0.25) is 0 Å². The second-order valence-corrected chi connectivity index (χ2v) is 9.36. The van der Waals surface area contributed by atoms with Crippen LogP contribution in [0.3, 0.4) is 0 Å². The van der Waals surface area contributed by atoms with Crippen LogP contribution in [0, 0.1) is 23.7 Å². The van der Waals surface area contributed by atoms with Crippen molar-refractivity contribution in [1.82, 2.24) is 5.32 Å². The Hall–Kier alpha value is -0.560. The molecule has 1 N–H and O–H groups in total. The van der Waals surface area contributed by atoms with E-state index in [1.165, 1.54) is 70.6 Å². The first kappa shape index (κ1) is 20.2. The molecule has 3 atom stereocenters. The van der Waals surface area contributed by atoms with Gasteiger partial charge in [0.25, 0.3) is 0 Å². The molecule has 0 radical (unpaired) electrons. The predicted molar refractivity (Wildman–Crippen MR) is 114 cm³/mol. The van der Waals surface area contributed by atoms with Crippen LogP contribution in [-0.2, 0) is 0 Å². The summed E-state index contributed by atoms with van der Waals surface area (Å²) in [5.74, 6) is 3.30. The van der Waals surface area contributed by atoms with Crippen molar-refractivity contribution in [2.24, 2.45) is 23.7 Å². The Kier molecular flexibility index (Phi) is 7.05. The van der Waals surface area contributed by atoms with Crippen molar-refractivity contribution in [1.29, 1.82) is 0 Å². The fraction of sp³-hybridized carbons (Fsp3) is 0.840. The third-order valence-electron chi connectivity index (χ3n) is 8.17. The van der Waals surface area contributed by atoms with E-state index in [1.54, 1.807) is 11.1 Å². The Morgan fingerprint density at radius 1 is 1.04 bits per heavy atom. The molecule has 26 heavy (non-hydrogen) atoms. The van der Waals surface area contributed by atoms with E-state index < -0.39 is 0 Å². The summed E-state index contributed by atoms with van der Waals surface area (Å²) >= 11 is 0. The summed E-state index contributed by atoms with van der Waals surface area (Å²) in [5.41, 5.74) is 3.74. The molecule has 1 heteroatoms. The van der Waals surface area contributed by atoms with E-state index in [1.807, 2.05) is 0 Å². The molecule has 1 fully saturated rings. The average molecular weight is 358 g/mol. The van der Waals surface area contributed by atoms with Crippen LogP contribution in [0.4, 0.5) is 0 Å². The molecule has 0 aromatic carbocycles. The highest BCUT2D eigenvalue weighted by molar-refractivity contribution is 5.50. The van der Waals surface area contributed by atoms with Gasteiger partial charge >= 0.3 is 0 Å². The largest absolute Gasteiger partial charge is 0.303 e. The van der Waals surface area contributed by atoms with Gasteiger partial charge in [-0.2, -0.15) is 0 Å². The van der Waals surface area contributed by atoms with Gasteiger partial charge in [0.2, 0.25) is 0 Å². The maximum absolute atomic E-state index is 4.14. The van der Waals surface area contributed by atoms with Gasteiger partial charge in [-0.25, -0.2) is 0 Å². The molecule has 3 aliphatic rings. The van der Waals surface area contributed by atoms with Crippen molar-refractivity contribution in [2.75, 3.05) is 6.54 Å². The number of rotatable bonds is 10. The summed E-state index contributed by atoms with van der Waals surface area (Å²) in [6.45, 7) is 10.7. The van der Waals surface area contributed by atoms with Crippen LogP contribution in [0.15, 0.2) is 23.3 Å². The van der Waals surface area contributed by atoms with Crippen LogP contribution in [0.2, 0.25) is 0 Å². The highest BCUT2D eigenvalue weighted by atomic mass is 15.0. The number of allylic oxidation sites excluding steroid dienone is 1. The molecular weight excluding hydrogens is 314 g/mol. The molecule has 0 saturated heterocycles. The third kappa shape index (κ3) is 3.71. The van der Waals surface area contributed by atoms with E-state index in [0.717, 1.165) is 24.3 Å². The molecule has 3 unspecified atom stereocenters. The van der Waals surface area contributed by atoms with Gasteiger partial charge in [0.05, 0.1) is 0 Å². The summed E-state index contributed by atoms with van der Waals surface area (Å²) in [4.78, 5) is 0. The Morgan fingerprint density at radius 2 is 1.73 bits per heavy atom. The maximum atomic E-state index is 4.14. The molecule has 3 rings (SSSR count). The van der Waals surface area contributed by atoms with Gasteiger partial charge in [-0.1, -0.05) is 91.2 Å². The molecule has 1 nitrogen and oxygen atoms in total. The lowest BCUT2D eigenvalue weighted by Crippen LogP contribution is -2.54. The van der Waals surface area contributed by atoms with Crippen molar-refractivity contribution in [3.8, 4) is 0 Å². The van der Waals surface area contributed by atoms with E-state index in [9.17, 15) is 0 Å². The van der Waals surface area contributed by atoms with Gasteiger partial charge in [0.1, 0.15) is 0 Å². The highest BCUT2D eigenvalue weighted by Gasteiger charge is 2.51. The molecule has 0 amide bonds. The number of unbranched alkanes of at least 4 members (excludes halogenated alkanes) is 1.